The van der Waals surface area contributed by atoms with Crippen LogP contribution >= 0.6 is 0 Å². The summed E-state index contributed by atoms with van der Waals surface area (Å²) in [5.41, 5.74) is 6.61. The first-order valence-electron chi connectivity index (χ1n) is 15.3. The standard InChI is InChI=1S/C38H33N3O4/c1-2-21-45-34-16-10-9-15-27(34)22-33-36(42)39-38(44)41(37(33)43)28-23-31-29(25-11-5-3-6-12-25)17-19-40-20-18-30(32(24-28)35(31)40)26-13-7-4-8-14-26/h2-16,22-24,29-30H,1,17-21H2,(H,39,42,44)/b33-22+/t29-,30-/m0/s1. The molecule has 0 aliphatic carbocycles. The Hall–Kier alpha value is -5.43. The highest BCUT2D eigenvalue weighted by Gasteiger charge is 2.40. The Morgan fingerprint density at radius 2 is 1.38 bits per heavy atom. The van der Waals surface area contributed by atoms with Gasteiger partial charge in [-0.25, -0.2) is 9.69 Å². The lowest BCUT2D eigenvalue weighted by Crippen LogP contribution is -2.54. The maximum Gasteiger partial charge on any atom is 0.335 e. The van der Waals surface area contributed by atoms with Crippen LogP contribution in [0.15, 0.2) is 115 Å². The van der Waals surface area contributed by atoms with Crippen molar-refractivity contribution in [1.29, 1.82) is 0 Å². The van der Waals surface area contributed by atoms with E-state index in [2.05, 4.69) is 41.1 Å². The summed E-state index contributed by atoms with van der Waals surface area (Å²) in [5, 5.41) is 2.41. The third kappa shape index (κ3) is 5.20. The van der Waals surface area contributed by atoms with Crippen molar-refractivity contribution in [2.24, 2.45) is 0 Å². The van der Waals surface area contributed by atoms with Gasteiger partial charge in [0.25, 0.3) is 11.8 Å². The smallest absolute Gasteiger partial charge is 0.335 e. The summed E-state index contributed by atoms with van der Waals surface area (Å²) >= 11 is 0. The third-order valence-corrected chi connectivity index (χ3v) is 8.94. The van der Waals surface area contributed by atoms with Crippen LogP contribution < -0.4 is 19.9 Å². The van der Waals surface area contributed by atoms with Gasteiger partial charge >= 0.3 is 6.03 Å². The lowest BCUT2D eigenvalue weighted by atomic mass is 9.76. The molecule has 7 heteroatoms. The van der Waals surface area contributed by atoms with E-state index in [1.165, 1.54) is 22.9 Å². The maximum absolute atomic E-state index is 14.1. The molecule has 4 aromatic carbocycles. The fraction of sp³-hybridized carbons (Fsp3) is 0.184. The molecule has 0 unspecified atom stereocenters. The fourth-order valence-corrected chi connectivity index (χ4v) is 6.90. The molecule has 3 aliphatic heterocycles. The van der Waals surface area contributed by atoms with Crippen LogP contribution in [0.25, 0.3) is 6.08 Å². The van der Waals surface area contributed by atoms with Crippen LogP contribution in [0, 0.1) is 0 Å². The number of barbiturate groups is 1. The number of rotatable bonds is 7. The molecule has 3 aliphatic rings. The van der Waals surface area contributed by atoms with E-state index < -0.39 is 17.8 Å². The minimum Gasteiger partial charge on any atom is -0.489 e. The SMILES string of the molecule is C=CCOc1ccccc1/C=C1\C(=O)NC(=O)N(c2cc3c4c(c2)[C@H](c2ccccc2)CCN4CC[C@H]3c2ccccc2)C1=O. The highest BCUT2D eigenvalue weighted by Crippen LogP contribution is 2.50. The second-order valence-electron chi connectivity index (χ2n) is 11.6. The van der Waals surface area contributed by atoms with Gasteiger partial charge in [0.1, 0.15) is 17.9 Å². The summed E-state index contributed by atoms with van der Waals surface area (Å²) in [7, 11) is 0. The molecule has 0 bridgehead atoms. The predicted molar refractivity (Wildman–Crippen MR) is 176 cm³/mol. The Bertz CT molecular complexity index is 1760. The molecule has 0 spiro atoms. The number of hydrogen-bond acceptors (Lipinski definition) is 5. The van der Waals surface area contributed by atoms with Gasteiger partial charge in [0, 0.05) is 36.2 Å². The van der Waals surface area contributed by atoms with Crippen molar-refractivity contribution >= 4 is 35.3 Å². The highest BCUT2D eigenvalue weighted by molar-refractivity contribution is 6.39. The molecule has 0 radical (unpaired) electrons. The normalized spacial score (nSPS) is 20.1. The number of carbonyl (C=O) groups excluding carboxylic acids is 3. The average Bonchev–Trinajstić information content (AvgIpc) is 3.07. The van der Waals surface area contributed by atoms with E-state index in [0.29, 0.717) is 17.0 Å². The molecular formula is C38H33N3O4. The van der Waals surface area contributed by atoms with Gasteiger partial charge in [-0.2, -0.15) is 0 Å². The zero-order chi connectivity index (χ0) is 30.9. The number of carbonyl (C=O) groups is 3. The first-order valence-corrected chi connectivity index (χ1v) is 15.3. The van der Waals surface area contributed by atoms with Crippen LogP contribution in [0.3, 0.4) is 0 Å². The van der Waals surface area contributed by atoms with Crippen LogP contribution in [-0.4, -0.2) is 37.5 Å². The number of urea groups is 1. The van der Waals surface area contributed by atoms with E-state index in [1.807, 2.05) is 54.6 Å². The second-order valence-corrected chi connectivity index (χ2v) is 11.6. The molecule has 1 saturated heterocycles. The van der Waals surface area contributed by atoms with Crippen LogP contribution in [0.4, 0.5) is 16.2 Å². The highest BCUT2D eigenvalue weighted by atomic mass is 16.5. The Morgan fingerprint density at radius 1 is 0.800 bits per heavy atom. The number of amides is 4. The lowest BCUT2D eigenvalue weighted by Gasteiger charge is -2.44. The molecule has 45 heavy (non-hydrogen) atoms. The lowest BCUT2D eigenvalue weighted by molar-refractivity contribution is -0.122. The Morgan fingerprint density at radius 3 is 1.98 bits per heavy atom. The molecule has 3 heterocycles. The van der Waals surface area contributed by atoms with Gasteiger partial charge in [-0.15, -0.1) is 0 Å². The summed E-state index contributed by atoms with van der Waals surface area (Å²) in [6.45, 7) is 5.82. The number of imide groups is 2. The molecule has 2 atom stereocenters. The van der Waals surface area contributed by atoms with Crippen molar-refractivity contribution in [3.8, 4) is 5.75 Å². The number of nitrogens with zero attached hydrogens (tertiary/aromatic N) is 2. The van der Waals surface area contributed by atoms with Crippen LogP contribution in [0.2, 0.25) is 0 Å². The monoisotopic (exact) mass is 595 g/mol. The molecule has 7 nitrogen and oxygen atoms in total. The third-order valence-electron chi connectivity index (χ3n) is 8.94. The summed E-state index contributed by atoms with van der Waals surface area (Å²) in [4.78, 5) is 44.2. The first kappa shape index (κ1) is 28.3. The zero-order valence-electron chi connectivity index (χ0n) is 24.8. The first-order chi connectivity index (χ1) is 22.0. The molecule has 4 amide bonds. The number of para-hydroxylation sites is 1. The van der Waals surface area contributed by atoms with E-state index in [-0.39, 0.29) is 24.0 Å². The number of anilines is 2. The fourth-order valence-electron chi connectivity index (χ4n) is 6.90. The van der Waals surface area contributed by atoms with Crippen LogP contribution in [0.1, 0.15) is 52.5 Å². The van der Waals surface area contributed by atoms with E-state index in [4.69, 9.17) is 4.74 Å². The Labute approximate surface area is 262 Å². The van der Waals surface area contributed by atoms with Crippen LogP contribution in [-0.2, 0) is 9.59 Å². The van der Waals surface area contributed by atoms with Gasteiger partial charge in [0.05, 0.1) is 5.69 Å². The van der Waals surface area contributed by atoms with Crippen molar-refractivity contribution in [2.45, 2.75) is 24.7 Å². The summed E-state index contributed by atoms with van der Waals surface area (Å²) in [5.74, 6) is -0.720. The van der Waals surface area contributed by atoms with Crippen molar-refractivity contribution < 1.29 is 19.1 Å². The van der Waals surface area contributed by atoms with Crippen molar-refractivity contribution in [2.75, 3.05) is 29.5 Å². The summed E-state index contributed by atoms with van der Waals surface area (Å²) < 4.78 is 5.76. The van der Waals surface area contributed by atoms with Crippen molar-refractivity contribution in [3.63, 3.8) is 0 Å². The van der Waals surface area contributed by atoms with Gasteiger partial charge in [-0.05, 0) is 59.4 Å². The number of benzene rings is 4. The molecule has 1 N–H and O–H groups in total. The van der Waals surface area contributed by atoms with Gasteiger partial charge in [-0.3, -0.25) is 14.9 Å². The van der Waals surface area contributed by atoms with E-state index in [9.17, 15) is 14.4 Å². The zero-order valence-corrected chi connectivity index (χ0v) is 24.8. The van der Waals surface area contributed by atoms with E-state index in [0.717, 1.165) is 42.0 Å². The molecule has 0 aromatic heterocycles. The van der Waals surface area contributed by atoms with Gasteiger partial charge in [-0.1, -0.05) is 91.5 Å². The molecule has 4 aromatic rings. The molecular weight excluding hydrogens is 562 g/mol. The van der Waals surface area contributed by atoms with Crippen molar-refractivity contribution in [1.82, 2.24) is 5.32 Å². The molecule has 0 saturated carbocycles. The summed E-state index contributed by atoms with van der Waals surface area (Å²) in [6, 6.07) is 31.1. The maximum atomic E-state index is 14.1. The van der Waals surface area contributed by atoms with Crippen LogP contribution in [0.5, 0.6) is 5.75 Å². The minimum atomic E-state index is -0.763. The second kappa shape index (κ2) is 11.9. The molecule has 1 fully saturated rings. The van der Waals surface area contributed by atoms with E-state index >= 15 is 0 Å². The minimum absolute atomic E-state index is 0.0964. The van der Waals surface area contributed by atoms with Crippen molar-refractivity contribution in [3.05, 3.63) is 143 Å². The predicted octanol–water partition coefficient (Wildman–Crippen LogP) is 6.80. The number of nitrogens with one attached hydrogen (secondary N) is 1. The Kier molecular flexibility index (Phi) is 7.51. The van der Waals surface area contributed by atoms with Gasteiger partial charge in [0.15, 0.2) is 0 Å². The quantitative estimate of drug-likeness (QED) is 0.145. The topological polar surface area (TPSA) is 79.0 Å². The summed E-state index contributed by atoms with van der Waals surface area (Å²) in [6.07, 6.45) is 4.94. The van der Waals surface area contributed by atoms with E-state index in [1.54, 1.807) is 24.3 Å². The average molecular weight is 596 g/mol. The Balaban J connectivity index is 1.37. The number of ether oxygens (including phenoxy) is 1. The van der Waals surface area contributed by atoms with Gasteiger partial charge in [0.2, 0.25) is 0 Å². The van der Waals surface area contributed by atoms with Gasteiger partial charge < -0.3 is 9.64 Å². The molecule has 224 valence electrons. The largest absolute Gasteiger partial charge is 0.489 e. The molecule has 7 rings (SSSR count). The number of hydrogen-bond donors (Lipinski definition) is 1.